The average Bonchev–Trinajstić information content (AvgIpc) is 2.41. The van der Waals surface area contributed by atoms with Crippen LogP contribution in [0.15, 0.2) is 22.7 Å². The molecule has 0 saturated carbocycles. The second-order valence-electron chi connectivity index (χ2n) is 4.08. The van der Waals surface area contributed by atoms with E-state index >= 15 is 0 Å². The van der Waals surface area contributed by atoms with Gasteiger partial charge in [0, 0.05) is 12.1 Å². The fraction of sp³-hybridized carbons (Fsp3) is 0.333. The van der Waals surface area contributed by atoms with Crippen LogP contribution in [0.1, 0.15) is 10.4 Å². The van der Waals surface area contributed by atoms with Gasteiger partial charge in [0.05, 0.1) is 17.6 Å². The predicted octanol–water partition coefficient (Wildman–Crippen LogP) is 1.51. The van der Waals surface area contributed by atoms with Crippen LogP contribution in [-0.4, -0.2) is 47.7 Å². The summed E-state index contributed by atoms with van der Waals surface area (Å²) in [5.74, 6) is -2.05. The van der Waals surface area contributed by atoms with Crippen LogP contribution in [0.5, 0.6) is 0 Å². The number of rotatable bonds is 2. The zero-order valence-electron chi connectivity index (χ0n) is 9.81. The van der Waals surface area contributed by atoms with Crippen molar-refractivity contribution in [3.63, 3.8) is 0 Å². The summed E-state index contributed by atoms with van der Waals surface area (Å²) in [6.45, 7) is 0.411. The maximum atomic E-state index is 13.4. The van der Waals surface area contributed by atoms with Crippen molar-refractivity contribution in [2.75, 3.05) is 19.7 Å². The highest BCUT2D eigenvalue weighted by molar-refractivity contribution is 9.10. The first-order valence-electron chi connectivity index (χ1n) is 5.58. The molecule has 0 unspecified atom stereocenters. The average molecular weight is 332 g/mol. The standard InChI is InChI=1S/C12H11BrFNO4/c13-8-2-1-7(5-9(8)14)11(16)15-3-4-19-10(6-15)12(17)18/h1-2,5,10H,3-4,6H2,(H,17,18)/t10-/m0/s1. The van der Waals surface area contributed by atoms with Crippen LogP contribution in [0.25, 0.3) is 0 Å². The molecule has 1 N–H and O–H groups in total. The monoisotopic (exact) mass is 331 g/mol. The summed E-state index contributed by atoms with van der Waals surface area (Å²) in [6.07, 6.45) is -1.03. The lowest BCUT2D eigenvalue weighted by molar-refractivity contribution is -0.154. The third-order valence-corrected chi connectivity index (χ3v) is 3.44. The number of carboxylic acids is 1. The van der Waals surface area contributed by atoms with E-state index in [2.05, 4.69) is 15.9 Å². The molecular formula is C12H11BrFNO4. The van der Waals surface area contributed by atoms with Crippen molar-refractivity contribution in [1.82, 2.24) is 4.90 Å². The number of benzene rings is 1. The van der Waals surface area contributed by atoms with Gasteiger partial charge in [-0.15, -0.1) is 0 Å². The van der Waals surface area contributed by atoms with Gasteiger partial charge in [-0.25, -0.2) is 9.18 Å². The molecule has 0 spiro atoms. The van der Waals surface area contributed by atoms with Gasteiger partial charge in [-0.05, 0) is 34.1 Å². The van der Waals surface area contributed by atoms with Gasteiger partial charge in [0.25, 0.3) is 5.91 Å². The SMILES string of the molecule is O=C(O)[C@@H]1CN(C(=O)c2ccc(Br)c(F)c2)CCO1. The lowest BCUT2D eigenvalue weighted by Gasteiger charge is -2.30. The molecule has 7 heteroatoms. The van der Waals surface area contributed by atoms with E-state index in [-0.39, 0.29) is 23.2 Å². The van der Waals surface area contributed by atoms with E-state index in [1.165, 1.54) is 17.0 Å². The van der Waals surface area contributed by atoms with E-state index in [1.54, 1.807) is 0 Å². The molecule has 19 heavy (non-hydrogen) atoms. The largest absolute Gasteiger partial charge is 0.479 e. The number of hydrogen-bond donors (Lipinski definition) is 1. The first-order valence-corrected chi connectivity index (χ1v) is 6.37. The van der Waals surface area contributed by atoms with Crippen LogP contribution in [0.3, 0.4) is 0 Å². The number of ether oxygens (including phenoxy) is 1. The molecule has 1 saturated heterocycles. The summed E-state index contributed by atoms with van der Waals surface area (Å²) < 4.78 is 18.7. The summed E-state index contributed by atoms with van der Waals surface area (Å²) in [5.41, 5.74) is 0.187. The van der Waals surface area contributed by atoms with E-state index in [9.17, 15) is 14.0 Å². The number of hydrogen-bond acceptors (Lipinski definition) is 3. The van der Waals surface area contributed by atoms with Gasteiger partial charge in [0.2, 0.25) is 0 Å². The maximum Gasteiger partial charge on any atom is 0.334 e. The Hall–Kier alpha value is -1.47. The van der Waals surface area contributed by atoms with Crippen molar-refractivity contribution in [3.05, 3.63) is 34.1 Å². The molecule has 0 bridgehead atoms. The molecule has 2 rings (SSSR count). The minimum atomic E-state index is -1.11. The normalized spacial score (nSPS) is 19.3. The predicted molar refractivity (Wildman–Crippen MR) is 67.4 cm³/mol. The molecule has 1 amide bonds. The first kappa shape index (κ1) is 14.0. The maximum absolute atomic E-state index is 13.4. The number of carboxylic acid groups (broad SMARTS) is 1. The van der Waals surface area contributed by atoms with Gasteiger partial charge in [-0.3, -0.25) is 4.79 Å². The third kappa shape index (κ3) is 3.10. The fourth-order valence-corrected chi connectivity index (χ4v) is 2.04. The van der Waals surface area contributed by atoms with Gasteiger partial charge in [0.1, 0.15) is 5.82 Å². The van der Waals surface area contributed by atoms with Crippen LogP contribution in [0, 0.1) is 5.82 Å². The third-order valence-electron chi connectivity index (χ3n) is 2.80. The van der Waals surface area contributed by atoms with E-state index in [1.807, 2.05) is 0 Å². The van der Waals surface area contributed by atoms with Crippen molar-refractivity contribution in [3.8, 4) is 0 Å². The Morgan fingerprint density at radius 2 is 2.21 bits per heavy atom. The molecule has 5 nitrogen and oxygen atoms in total. The summed E-state index contributed by atoms with van der Waals surface area (Å²) >= 11 is 3.01. The number of aliphatic carboxylic acids is 1. The zero-order valence-corrected chi connectivity index (χ0v) is 11.4. The van der Waals surface area contributed by atoms with E-state index in [0.29, 0.717) is 6.54 Å². The highest BCUT2D eigenvalue weighted by atomic mass is 79.9. The Kier molecular flexibility index (Phi) is 4.16. The topological polar surface area (TPSA) is 66.8 Å². The Balaban J connectivity index is 2.14. The highest BCUT2D eigenvalue weighted by Crippen LogP contribution is 2.18. The molecular weight excluding hydrogens is 321 g/mol. The van der Waals surface area contributed by atoms with Gasteiger partial charge >= 0.3 is 5.97 Å². The number of carbonyl (C=O) groups is 2. The van der Waals surface area contributed by atoms with E-state index in [4.69, 9.17) is 9.84 Å². The summed E-state index contributed by atoms with van der Waals surface area (Å²) in [6, 6.07) is 4.05. The summed E-state index contributed by atoms with van der Waals surface area (Å²) in [7, 11) is 0. The quantitative estimate of drug-likeness (QED) is 0.892. The Morgan fingerprint density at radius 1 is 1.47 bits per heavy atom. The van der Waals surface area contributed by atoms with Crippen molar-refractivity contribution in [2.45, 2.75) is 6.10 Å². The second-order valence-corrected chi connectivity index (χ2v) is 4.93. The number of amides is 1. The van der Waals surface area contributed by atoms with Crippen LogP contribution in [0.2, 0.25) is 0 Å². The van der Waals surface area contributed by atoms with Gasteiger partial charge in [-0.1, -0.05) is 0 Å². The molecule has 0 aromatic heterocycles. The van der Waals surface area contributed by atoms with Crippen molar-refractivity contribution in [1.29, 1.82) is 0 Å². The fourth-order valence-electron chi connectivity index (χ4n) is 1.79. The van der Waals surface area contributed by atoms with Crippen molar-refractivity contribution >= 4 is 27.8 Å². The Labute approximate surface area is 117 Å². The van der Waals surface area contributed by atoms with Crippen molar-refractivity contribution < 1.29 is 23.8 Å². The van der Waals surface area contributed by atoms with Crippen LogP contribution < -0.4 is 0 Å². The molecule has 1 fully saturated rings. The number of carbonyl (C=O) groups excluding carboxylic acids is 1. The van der Waals surface area contributed by atoms with E-state index < -0.39 is 23.8 Å². The lowest BCUT2D eigenvalue weighted by atomic mass is 10.1. The zero-order chi connectivity index (χ0) is 14.0. The Morgan fingerprint density at radius 3 is 2.84 bits per heavy atom. The minimum Gasteiger partial charge on any atom is -0.479 e. The molecule has 1 aliphatic heterocycles. The molecule has 102 valence electrons. The first-order chi connectivity index (χ1) is 8.99. The smallest absolute Gasteiger partial charge is 0.334 e. The molecule has 1 aromatic rings. The molecule has 0 aliphatic carbocycles. The van der Waals surface area contributed by atoms with Gasteiger partial charge < -0.3 is 14.7 Å². The highest BCUT2D eigenvalue weighted by Gasteiger charge is 2.29. The molecule has 1 aliphatic rings. The lowest BCUT2D eigenvalue weighted by Crippen LogP contribution is -2.48. The second kappa shape index (κ2) is 5.66. The van der Waals surface area contributed by atoms with Crippen LogP contribution in [-0.2, 0) is 9.53 Å². The minimum absolute atomic E-state index is 0.0359. The Bertz CT molecular complexity index is 522. The molecule has 1 atom stereocenters. The van der Waals surface area contributed by atoms with Gasteiger partial charge in [-0.2, -0.15) is 0 Å². The number of halogens is 2. The van der Waals surface area contributed by atoms with Gasteiger partial charge in [0.15, 0.2) is 6.10 Å². The molecule has 0 radical (unpaired) electrons. The van der Waals surface area contributed by atoms with Crippen molar-refractivity contribution in [2.24, 2.45) is 0 Å². The summed E-state index contributed by atoms with van der Waals surface area (Å²) in [4.78, 5) is 24.3. The molecule has 1 heterocycles. The van der Waals surface area contributed by atoms with E-state index in [0.717, 1.165) is 6.07 Å². The van der Waals surface area contributed by atoms with Crippen LogP contribution in [0.4, 0.5) is 4.39 Å². The number of nitrogens with zero attached hydrogens (tertiary/aromatic N) is 1. The number of morpholine rings is 1. The molecule has 1 aromatic carbocycles. The van der Waals surface area contributed by atoms with Crippen LogP contribution >= 0.6 is 15.9 Å². The summed E-state index contributed by atoms with van der Waals surface area (Å²) in [5, 5.41) is 8.86.